The maximum absolute atomic E-state index is 5.33. The Morgan fingerprint density at radius 3 is 2.70 bits per heavy atom. The van der Waals surface area contributed by atoms with Crippen molar-refractivity contribution in [1.29, 1.82) is 0 Å². The summed E-state index contributed by atoms with van der Waals surface area (Å²) in [6, 6.07) is 6.71. The lowest BCUT2D eigenvalue weighted by Gasteiger charge is -2.14. The van der Waals surface area contributed by atoms with Crippen LogP contribution in [0.5, 0.6) is 5.75 Å². The summed E-state index contributed by atoms with van der Waals surface area (Å²) in [6.07, 6.45) is 4.65. The van der Waals surface area contributed by atoms with E-state index in [0.717, 1.165) is 24.5 Å². The van der Waals surface area contributed by atoms with E-state index in [0.29, 0.717) is 6.04 Å². The second-order valence-electron chi connectivity index (χ2n) is 5.30. The Balaban J connectivity index is 2.24. The smallest absolute Gasteiger partial charge is 0.119 e. The van der Waals surface area contributed by atoms with Crippen LogP contribution in [0.2, 0.25) is 0 Å². The molecule has 0 bridgehead atoms. The molecule has 1 aromatic heterocycles. The van der Waals surface area contributed by atoms with Gasteiger partial charge in [0.2, 0.25) is 0 Å². The summed E-state index contributed by atoms with van der Waals surface area (Å²) in [4.78, 5) is 4.40. The van der Waals surface area contributed by atoms with Gasteiger partial charge in [-0.25, -0.2) is 4.98 Å². The van der Waals surface area contributed by atoms with Crippen LogP contribution >= 0.6 is 0 Å². The maximum Gasteiger partial charge on any atom is 0.119 e. The summed E-state index contributed by atoms with van der Waals surface area (Å²) < 4.78 is 7.39. The third-order valence-electron chi connectivity index (χ3n) is 3.38. The number of aromatic nitrogens is 2. The normalized spacial score (nSPS) is 11.1. The Morgan fingerprint density at radius 1 is 1.30 bits per heavy atom. The van der Waals surface area contributed by atoms with Gasteiger partial charge < -0.3 is 14.6 Å². The van der Waals surface area contributed by atoms with Crippen LogP contribution in [0, 0.1) is 0 Å². The van der Waals surface area contributed by atoms with E-state index in [9.17, 15) is 0 Å². The summed E-state index contributed by atoms with van der Waals surface area (Å²) in [5, 5.41) is 3.46. The predicted octanol–water partition coefficient (Wildman–Crippen LogP) is 2.52. The number of nitrogens with one attached hydrogen (secondary N) is 1. The fourth-order valence-corrected chi connectivity index (χ4v) is 2.12. The van der Waals surface area contributed by atoms with E-state index in [1.165, 1.54) is 11.1 Å². The van der Waals surface area contributed by atoms with Crippen molar-refractivity contribution in [2.45, 2.75) is 32.9 Å². The Morgan fingerprint density at radius 2 is 2.10 bits per heavy atom. The standard InChI is InChI=1S/C16H23N3O/c1-12(2)18-11-14-9-15(20-4)6-5-13(14)10-16-17-7-8-19(16)3/h5-9,12,18H,10-11H2,1-4H3. The van der Waals surface area contributed by atoms with Gasteiger partial charge in [-0.05, 0) is 23.3 Å². The average molecular weight is 273 g/mol. The monoisotopic (exact) mass is 273 g/mol. The number of nitrogens with zero attached hydrogens (tertiary/aromatic N) is 2. The Kier molecular flexibility index (Phi) is 4.79. The topological polar surface area (TPSA) is 39.1 Å². The van der Waals surface area contributed by atoms with Gasteiger partial charge >= 0.3 is 0 Å². The van der Waals surface area contributed by atoms with Crippen molar-refractivity contribution in [3.63, 3.8) is 0 Å². The minimum atomic E-state index is 0.460. The largest absolute Gasteiger partial charge is 0.497 e. The number of benzene rings is 1. The zero-order valence-corrected chi connectivity index (χ0v) is 12.7. The van der Waals surface area contributed by atoms with E-state index in [4.69, 9.17) is 4.74 Å². The van der Waals surface area contributed by atoms with Gasteiger partial charge in [0.25, 0.3) is 0 Å². The van der Waals surface area contributed by atoms with Crippen LogP contribution in [0.25, 0.3) is 0 Å². The molecular formula is C16H23N3O. The van der Waals surface area contributed by atoms with Crippen molar-refractivity contribution in [1.82, 2.24) is 14.9 Å². The SMILES string of the molecule is COc1ccc(Cc2nccn2C)c(CNC(C)C)c1. The van der Waals surface area contributed by atoms with Crippen molar-refractivity contribution in [2.75, 3.05) is 7.11 Å². The summed E-state index contributed by atoms with van der Waals surface area (Å²) >= 11 is 0. The average Bonchev–Trinajstić information content (AvgIpc) is 2.83. The third kappa shape index (κ3) is 3.61. The highest BCUT2D eigenvalue weighted by molar-refractivity contribution is 5.37. The van der Waals surface area contributed by atoms with Crippen LogP contribution in [0.4, 0.5) is 0 Å². The van der Waals surface area contributed by atoms with Gasteiger partial charge in [-0.3, -0.25) is 0 Å². The molecule has 0 saturated heterocycles. The molecule has 0 radical (unpaired) electrons. The highest BCUT2D eigenvalue weighted by Crippen LogP contribution is 2.20. The first-order valence-electron chi connectivity index (χ1n) is 6.95. The van der Waals surface area contributed by atoms with Gasteiger partial charge in [0.1, 0.15) is 11.6 Å². The predicted molar refractivity (Wildman–Crippen MR) is 81.0 cm³/mol. The van der Waals surface area contributed by atoms with E-state index in [2.05, 4.69) is 40.8 Å². The van der Waals surface area contributed by atoms with E-state index in [-0.39, 0.29) is 0 Å². The summed E-state index contributed by atoms with van der Waals surface area (Å²) in [6.45, 7) is 5.14. The number of hydrogen-bond acceptors (Lipinski definition) is 3. The quantitative estimate of drug-likeness (QED) is 0.879. The molecule has 0 aliphatic heterocycles. The molecule has 1 heterocycles. The summed E-state index contributed by atoms with van der Waals surface area (Å²) in [5.41, 5.74) is 2.55. The molecule has 1 N–H and O–H groups in total. The third-order valence-corrected chi connectivity index (χ3v) is 3.38. The van der Waals surface area contributed by atoms with Crippen LogP contribution in [-0.2, 0) is 20.0 Å². The Bertz CT molecular complexity index is 561. The number of rotatable bonds is 6. The van der Waals surface area contributed by atoms with E-state index in [1.807, 2.05) is 25.5 Å². The molecule has 0 aliphatic carbocycles. The minimum Gasteiger partial charge on any atom is -0.497 e. The van der Waals surface area contributed by atoms with Gasteiger partial charge in [0.05, 0.1) is 7.11 Å². The Hall–Kier alpha value is -1.81. The van der Waals surface area contributed by atoms with Crippen molar-refractivity contribution < 1.29 is 4.74 Å². The number of hydrogen-bond donors (Lipinski definition) is 1. The molecule has 4 heteroatoms. The number of ether oxygens (including phenoxy) is 1. The number of aryl methyl sites for hydroxylation is 1. The molecule has 0 atom stereocenters. The first kappa shape index (κ1) is 14.6. The van der Waals surface area contributed by atoms with E-state index in [1.54, 1.807) is 7.11 Å². The lowest BCUT2D eigenvalue weighted by atomic mass is 10.0. The first-order chi connectivity index (χ1) is 9.60. The van der Waals surface area contributed by atoms with E-state index < -0.39 is 0 Å². The second-order valence-corrected chi connectivity index (χ2v) is 5.30. The molecule has 108 valence electrons. The minimum absolute atomic E-state index is 0.460. The van der Waals surface area contributed by atoms with Gasteiger partial charge in [0.15, 0.2) is 0 Å². The van der Waals surface area contributed by atoms with Crippen LogP contribution in [0.1, 0.15) is 30.8 Å². The van der Waals surface area contributed by atoms with Crippen molar-refractivity contribution in [3.8, 4) is 5.75 Å². The number of methoxy groups -OCH3 is 1. The fourth-order valence-electron chi connectivity index (χ4n) is 2.12. The zero-order chi connectivity index (χ0) is 14.5. The molecule has 1 aromatic carbocycles. The highest BCUT2D eigenvalue weighted by atomic mass is 16.5. The van der Waals surface area contributed by atoms with Gasteiger partial charge in [-0.2, -0.15) is 0 Å². The summed E-state index contributed by atoms with van der Waals surface area (Å²) in [7, 11) is 3.73. The molecule has 0 saturated carbocycles. The van der Waals surface area contributed by atoms with Crippen LogP contribution in [0.3, 0.4) is 0 Å². The van der Waals surface area contributed by atoms with Crippen molar-refractivity contribution >= 4 is 0 Å². The zero-order valence-electron chi connectivity index (χ0n) is 12.7. The molecule has 2 rings (SSSR count). The molecule has 2 aromatic rings. The molecule has 0 fully saturated rings. The molecule has 20 heavy (non-hydrogen) atoms. The van der Waals surface area contributed by atoms with Gasteiger partial charge in [-0.1, -0.05) is 19.9 Å². The van der Waals surface area contributed by atoms with Crippen molar-refractivity contribution in [3.05, 3.63) is 47.5 Å². The molecule has 0 unspecified atom stereocenters. The molecule has 0 spiro atoms. The molecule has 4 nitrogen and oxygen atoms in total. The van der Waals surface area contributed by atoms with Gasteiger partial charge in [0, 0.05) is 38.4 Å². The molecular weight excluding hydrogens is 250 g/mol. The van der Waals surface area contributed by atoms with Crippen LogP contribution in [-0.4, -0.2) is 22.7 Å². The lowest BCUT2D eigenvalue weighted by molar-refractivity contribution is 0.413. The van der Waals surface area contributed by atoms with Crippen molar-refractivity contribution in [2.24, 2.45) is 7.05 Å². The fraction of sp³-hybridized carbons (Fsp3) is 0.438. The Labute approximate surface area is 120 Å². The first-order valence-corrected chi connectivity index (χ1v) is 6.95. The highest BCUT2D eigenvalue weighted by Gasteiger charge is 2.08. The second kappa shape index (κ2) is 6.57. The number of imidazole rings is 1. The summed E-state index contributed by atoms with van der Waals surface area (Å²) in [5.74, 6) is 1.97. The molecule has 0 amide bonds. The van der Waals surface area contributed by atoms with Crippen LogP contribution in [0.15, 0.2) is 30.6 Å². The van der Waals surface area contributed by atoms with E-state index >= 15 is 0 Å². The lowest BCUT2D eigenvalue weighted by Crippen LogP contribution is -2.22. The van der Waals surface area contributed by atoms with Gasteiger partial charge in [-0.15, -0.1) is 0 Å². The molecule has 0 aliphatic rings. The maximum atomic E-state index is 5.33. The van der Waals surface area contributed by atoms with Crippen LogP contribution < -0.4 is 10.1 Å².